The Bertz CT molecular complexity index is 62.6. The van der Waals surface area contributed by atoms with E-state index in [0.717, 1.165) is 6.29 Å². The topological polar surface area (TPSA) is 60.2 Å². The van der Waals surface area contributed by atoms with Crippen LogP contribution >= 0.6 is 0 Å². The molecule has 0 atom stereocenters. The Kier molecular flexibility index (Phi) is 8.11. The summed E-state index contributed by atoms with van der Waals surface area (Å²) in [4.78, 5) is 18.1. The summed E-state index contributed by atoms with van der Waals surface area (Å²) in [5, 5.41) is 0. The molecule has 28 valence electrons. The summed E-state index contributed by atoms with van der Waals surface area (Å²) in [7, 11) is 0. The van der Waals surface area contributed by atoms with Crippen molar-refractivity contribution in [1.82, 2.24) is 0 Å². The van der Waals surface area contributed by atoms with Crippen molar-refractivity contribution in [2.24, 2.45) is 5.73 Å². The molecule has 0 aromatic carbocycles. The van der Waals surface area contributed by atoms with Crippen molar-refractivity contribution in [3.05, 3.63) is 0 Å². The number of amides is 1. The molecule has 0 aliphatic carbocycles. The Morgan fingerprint density at radius 3 is 1.83 bits per heavy atom. The van der Waals surface area contributed by atoms with Crippen LogP contribution in [0.25, 0.3) is 0 Å². The van der Waals surface area contributed by atoms with Crippen LogP contribution in [0.2, 0.25) is 0 Å². The number of rotatable bonds is 1. The van der Waals surface area contributed by atoms with E-state index in [1.54, 1.807) is 0 Å². The van der Waals surface area contributed by atoms with E-state index in [1.165, 1.54) is 0 Å². The average Bonchev–Trinajstić information content (AvgIpc) is 1.38. The molecule has 0 saturated carbocycles. The van der Waals surface area contributed by atoms with Gasteiger partial charge in [0, 0.05) is 0 Å². The fourth-order valence-electron chi connectivity index (χ4n) is 0. The van der Waals surface area contributed by atoms with E-state index in [1.807, 2.05) is 0 Å². The van der Waals surface area contributed by atoms with E-state index in [2.05, 4.69) is 5.73 Å². The van der Waals surface area contributed by atoms with E-state index >= 15 is 0 Å². The second kappa shape index (κ2) is 5.14. The maximum Gasteiger partial charge on any atom is 1.00 e. The van der Waals surface area contributed by atoms with Crippen LogP contribution in [-0.4, -0.2) is 12.2 Å². The van der Waals surface area contributed by atoms with E-state index in [0.29, 0.717) is 0 Å². The minimum Gasteiger partial charge on any atom is -0.532 e. The standard InChI is InChI=1S/C2H2NO2.Na/c3-2(5)1-4;/h(H2,3,5);/q-1;+1. The quantitative estimate of drug-likeness (QED) is 0.203. The van der Waals surface area contributed by atoms with Gasteiger partial charge in [0.05, 0.1) is 5.91 Å². The van der Waals surface area contributed by atoms with Gasteiger partial charge in [-0.1, -0.05) is 0 Å². The van der Waals surface area contributed by atoms with Crippen LogP contribution in [0.5, 0.6) is 0 Å². The normalized spacial score (nSPS) is 5.33. The van der Waals surface area contributed by atoms with E-state index in [-0.39, 0.29) is 29.6 Å². The van der Waals surface area contributed by atoms with Crippen molar-refractivity contribution in [2.75, 3.05) is 0 Å². The molecule has 0 aliphatic heterocycles. The van der Waals surface area contributed by atoms with Gasteiger partial charge in [-0.2, -0.15) is 6.29 Å². The third kappa shape index (κ3) is 8.91. The number of carbonyl (C=O) groups excluding carboxylic acids is 2. The van der Waals surface area contributed by atoms with Crippen LogP contribution < -0.4 is 35.3 Å². The van der Waals surface area contributed by atoms with Crippen LogP contribution in [0.4, 0.5) is 0 Å². The zero-order chi connectivity index (χ0) is 4.28. The predicted molar refractivity (Wildman–Crippen MR) is 14.9 cm³/mol. The zero-order valence-corrected chi connectivity index (χ0v) is 5.39. The molecular formula is C2H2NNaO2. The van der Waals surface area contributed by atoms with E-state index in [4.69, 9.17) is 9.59 Å². The minimum absolute atomic E-state index is 0. The van der Waals surface area contributed by atoms with Gasteiger partial charge < -0.3 is 15.3 Å². The molecular weight excluding hydrogens is 93.0 g/mol. The number of carbonyl (C=O) groups is 1. The summed E-state index contributed by atoms with van der Waals surface area (Å²) in [5.74, 6) is -1.05. The Hall–Kier alpha value is 0.140. The van der Waals surface area contributed by atoms with Gasteiger partial charge in [-0.05, 0) is 0 Å². The molecule has 0 aromatic heterocycles. The molecule has 6 heavy (non-hydrogen) atoms. The van der Waals surface area contributed by atoms with Crippen molar-refractivity contribution < 1.29 is 39.1 Å². The van der Waals surface area contributed by atoms with Gasteiger partial charge >= 0.3 is 29.6 Å². The van der Waals surface area contributed by atoms with Crippen molar-refractivity contribution in [1.29, 1.82) is 0 Å². The van der Waals surface area contributed by atoms with Gasteiger partial charge in [0.1, 0.15) is 0 Å². The number of primary amides is 1. The van der Waals surface area contributed by atoms with Gasteiger partial charge in [-0.15, -0.1) is 0 Å². The summed E-state index contributed by atoms with van der Waals surface area (Å²) < 4.78 is 0. The first kappa shape index (κ1) is 9.46. The molecule has 0 bridgehead atoms. The first-order valence-electron chi connectivity index (χ1n) is 0.947. The fourth-order valence-corrected chi connectivity index (χ4v) is 0. The Labute approximate surface area is 57.2 Å². The van der Waals surface area contributed by atoms with Crippen LogP contribution in [0, 0.1) is 0 Å². The summed E-state index contributed by atoms with van der Waals surface area (Å²) in [6, 6.07) is 0. The maximum atomic E-state index is 9.17. The zero-order valence-electron chi connectivity index (χ0n) is 3.39. The molecule has 0 unspecified atom stereocenters. The van der Waals surface area contributed by atoms with Crippen molar-refractivity contribution >= 4 is 12.2 Å². The molecule has 0 aromatic rings. The largest absolute Gasteiger partial charge is 1.00 e. The Morgan fingerprint density at radius 2 is 1.83 bits per heavy atom. The summed E-state index contributed by atoms with van der Waals surface area (Å²) in [5.41, 5.74) is 4.23. The average molecular weight is 95.0 g/mol. The van der Waals surface area contributed by atoms with Crippen LogP contribution in [0.15, 0.2) is 0 Å². The molecule has 0 radical (unpaired) electrons. The molecule has 0 saturated heterocycles. The summed E-state index contributed by atoms with van der Waals surface area (Å²) >= 11 is 0. The van der Waals surface area contributed by atoms with E-state index in [9.17, 15) is 0 Å². The van der Waals surface area contributed by atoms with Crippen molar-refractivity contribution in [3.63, 3.8) is 0 Å². The fraction of sp³-hybridized carbons (Fsp3) is 0. The molecule has 0 heterocycles. The number of hydrogen-bond acceptors (Lipinski definition) is 2. The van der Waals surface area contributed by atoms with Crippen molar-refractivity contribution in [2.45, 2.75) is 0 Å². The van der Waals surface area contributed by atoms with Gasteiger partial charge in [0.15, 0.2) is 0 Å². The van der Waals surface area contributed by atoms with Crippen LogP contribution in [0.1, 0.15) is 0 Å². The summed E-state index contributed by atoms with van der Waals surface area (Å²) in [6.07, 6.45) is 0.917. The predicted octanol–water partition coefficient (Wildman–Crippen LogP) is -4.41. The Morgan fingerprint density at radius 1 is 1.67 bits per heavy atom. The first-order valence-corrected chi connectivity index (χ1v) is 0.947. The smallest absolute Gasteiger partial charge is 0.532 e. The number of nitrogens with two attached hydrogens (primary N) is 1. The van der Waals surface area contributed by atoms with Gasteiger partial charge in [-0.25, -0.2) is 0 Å². The number of hydrogen-bond donors (Lipinski definition) is 1. The maximum absolute atomic E-state index is 9.17. The minimum atomic E-state index is -1.05. The molecule has 4 heteroatoms. The third-order valence-electron chi connectivity index (χ3n) is 0.101. The Balaban J connectivity index is 0. The molecule has 0 rings (SSSR count). The molecule has 0 fully saturated rings. The monoisotopic (exact) mass is 95.0 g/mol. The second-order valence-electron chi connectivity index (χ2n) is 0.466. The molecule has 1 amide bonds. The molecule has 0 spiro atoms. The van der Waals surface area contributed by atoms with Crippen molar-refractivity contribution in [3.8, 4) is 0 Å². The van der Waals surface area contributed by atoms with E-state index < -0.39 is 5.91 Å². The molecule has 0 aliphatic rings. The van der Waals surface area contributed by atoms with Crippen LogP contribution in [0.3, 0.4) is 0 Å². The third-order valence-corrected chi connectivity index (χ3v) is 0.101. The molecule has 3 nitrogen and oxygen atoms in total. The van der Waals surface area contributed by atoms with Gasteiger partial charge in [0.25, 0.3) is 0 Å². The SMILES string of the molecule is NC(=O)[C-]=O.[Na+]. The second-order valence-corrected chi connectivity index (χ2v) is 0.466. The van der Waals surface area contributed by atoms with Gasteiger partial charge in [0.2, 0.25) is 0 Å². The van der Waals surface area contributed by atoms with Crippen LogP contribution in [-0.2, 0) is 9.59 Å². The molecule has 2 N–H and O–H groups in total. The van der Waals surface area contributed by atoms with Gasteiger partial charge in [-0.3, -0.25) is 0 Å². The first-order chi connectivity index (χ1) is 2.27. The summed E-state index contributed by atoms with van der Waals surface area (Å²) in [6.45, 7) is 0.